The molecule has 0 unspecified atom stereocenters. The van der Waals surface area contributed by atoms with Crippen LogP contribution in [0.5, 0.6) is 0 Å². The molecule has 0 radical (unpaired) electrons. The Hall–Kier alpha value is -2.45. The number of benzene rings is 1. The van der Waals surface area contributed by atoms with E-state index in [1.807, 2.05) is 50.7 Å². The predicted octanol–water partition coefficient (Wildman–Crippen LogP) is 3.51. The third-order valence-electron chi connectivity index (χ3n) is 6.34. The van der Waals surface area contributed by atoms with Crippen molar-refractivity contribution >= 4 is 22.8 Å². The lowest BCUT2D eigenvalue weighted by Crippen LogP contribution is -2.52. The minimum atomic E-state index is -0.475. The lowest BCUT2D eigenvalue weighted by Gasteiger charge is -2.39. The van der Waals surface area contributed by atoms with Crippen LogP contribution in [-0.4, -0.2) is 83.0 Å². The van der Waals surface area contributed by atoms with Gasteiger partial charge in [-0.1, -0.05) is 0 Å². The smallest absolute Gasteiger partial charge is 0.410 e. The molecule has 0 N–H and O–H groups in total. The number of nitrogens with zero attached hydrogens (tertiary/aromatic N) is 4. The summed E-state index contributed by atoms with van der Waals surface area (Å²) in [5.41, 5.74) is 2.22. The molecule has 0 bridgehead atoms. The maximum absolute atomic E-state index is 12.9. The Balaban J connectivity index is 1.31. The van der Waals surface area contributed by atoms with Crippen molar-refractivity contribution in [2.45, 2.75) is 52.7 Å². The SMILES string of the molecule is Cc1c(C(=O)CCCN2CCOCC2)ccc2nn(CC3CN(C(=O)OC(C)(C)C)C3)cc12. The first-order chi connectivity index (χ1) is 15.7. The highest BCUT2D eigenvalue weighted by molar-refractivity contribution is 6.01. The number of hydrogen-bond acceptors (Lipinski definition) is 6. The molecule has 2 saturated heterocycles. The van der Waals surface area contributed by atoms with Crippen molar-refractivity contribution in [3.8, 4) is 0 Å². The Bertz CT molecular complexity index is 998. The largest absolute Gasteiger partial charge is 0.444 e. The molecule has 8 heteroatoms. The van der Waals surface area contributed by atoms with Crippen LogP contribution in [-0.2, 0) is 16.0 Å². The van der Waals surface area contributed by atoms with Crippen LogP contribution >= 0.6 is 0 Å². The second-order valence-electron chi connectivity index (χ2n) is 10.3. The average Bonchev–Trinajstić information content (AvgIpc) is 3.14. The average molecular weight is 457 g/mol. The molecule has 33 heavy (non-hydrogen) atoms. The van der Waals surface area contributed by atoms with Gasteiger partial charge in [0.1, 0.15) is 5.60 Å². The van der Waals surface area contributed by atoms with Gasteiger partial charge >= 0.3 is 6.09 Å². The molecule has 0 aliphatic carbocycles. The molecule has 180 valence electrons. The number of aryl methyl sites for hydroxylation is 1. The van der Waals surface area contributed by atoms with Gasteiger partial charge in [0.05, 0.1) is 18.7 Å². The Morgan fingerprint density at radius 2 is 1.91 bits per heavy atom. The van der Waals surface area contributed by atoms with Gasteiger partial charge < -0.3 is 14.4 Å². The summed E-state index contributed by atoms with van der Waals surface area (Å²) in [5, 5.41) is 5.73. The van der Waals surface area contributed by atoms with Crippen LogP contribution in [0.2, 0.25) is 0 Å². The summed E-state index contributed by atoms with van der Waals surface area (Å²) in [6.45, 7) is 14.2. The van der Waals surface area contributed by atoms with Crippen LogP contribution < -0.4 is 0 Å². The fraction of sp³-hybridized carbons (Fsp3) is 0.640. The van der Waals surface area contributed by atoms with Crippen molar-refractivity contribution in [2.75, 3.05) is 45.9 Å². The van der Waals surface area contributed by atoms with E-state index in [1.54, 1.807) is 4.90 Å². The fourth-order valence-corrected chi connectivity index (χ4v) is 4.52. The van der Waals surface area contributed by atoms with Crippen molar-refractivity contribution < 1.29 is 19.1 Å². The zero-order valence-electron chi connectivity index (χ0n) is 20.3. The molecule has 0 spiro atoms. The maximum atomic E-state index is 12.9. The standard InChI is InChI=1S/C25H36N4O4/c1-18-20(23(30)6-5-9-27-10-12-32-13-11-27)7-8-22-21(18)17-29(26-22)16-19-14-28(15-19)24(31)33-25(2,3)4/h7-8,17,19H,5-6,9-16H2,1-4H3. The first-order valence-corrected chi connectivity index (χ1v) is 12.0. The van der Waals surface area contributed by atoms with Crippen molar-refractivity contribution in [3.63, 3.8) is 0 Å². The highest BCUT2D eigenvalue weighted by atomic mass is 16.6. The number of amides is 1. The molecule has 1 aromatic carbocycles. The van der Waals surface area contributed by atoms with Gasteiger partial charge in [-0.2, -0.15) is 5.10 Å². The molecule has 3 heterocycles. The molecular formula is C25H36N4O4. The molecule has 1 aromatic heterocycles. The molecular weight excluding hydrogens is 420 g/mol. The number of ether oxygens (including phenoxy) is 2. The topological polar surface area (TPSA) is 76.9 Å². The van der Waals surface area contributed by atoms with Gasteiger partial charge in [0.2, 0.25) is 0 Å². The molecule has 2 aliphatic rings. The Labute approximate surface area is 195 Å². The first-order valence-electron chi connectivity index (χ1n) is 12.0. The van der Waals surface area contributed by atoms with Gasteiger partial charge in [-0.25, -0.2) is 4.79 Å². The van der Waals surface area contributed by atoms with Crippen molar-refractivity contribution in [1.29, 1.82) is 0 Å². The quantitative estimate of drug-likeness (QED) is 0.594. The van der Waals surface area contributed by atoms with Gasteiger partial charge in [-0.3, -0.25) is 14.4 Å². The van der Waals surface area contributed by atoms with Gasteiger partial charge in [-0.05, 0) is 58.4 Å². The molecule has 4 rings (SSSR count). The van der Waals surface area contributed by atoms with E-state index < -0.39 is 5.60 Å². The minimum Gasteiger partial charge on any atom is -0.444 e. The van der Waals surface area contributed by atoms with E-state index in [9.17, 15) is 9.59 Å². The predicted molar refractivity (Wildman–Crippen MR) is 127 cm³/mol. The van der Waals surface area contributed by atoms with Crippen molar-refractivity contribution in [1.82, 2.24) is 19.6 Å². The third kappa shape index (κ3) is 5.92. The molecule has 2 aromatic rings. The van der Waals surface area contributed by atoms with Crippen molar-refractivity contribution in [3.05, 3.63) is 29.5 Å². The Morgan fingerprint density at radius 1 is 1.18 bits per heavy atom. The summed E-state index contributed by atoms with van der Waals surface area (Å²) in [7, 11) is 0. The highest BCUT2D eigenvalue weighted by Gasteiger charge is 2.34. The summed E-state index contributed by atoms with van der Waals surface area (Å²) in [4.78, 5) is 29.1. The Morgan fingerprint density at radius 3 is 2.61 bits per heavy atom. The number of aromatic nitrogens is 2. The molecule has 2 aliphatic heterocycles. The van der Waals surface area contributed by atoms with Gasteiger partial charge in [0.15, 0.2) is 5.78 Å². The van der Waals surface area contributed by atoms with E-state index in [0.29, 0.717) is 25.4 Å². The first kappa shape index (κ1) is 23.7. The van der Waals surface area contributed by atoms with Crippen LogP contribution in [0.25, 0.3) is 10.9 Å². The highest BCUT2D eigenvalue weighted by Crippen LogP contribution is 2.25. The minimum absolute atomic E-state index is 0.197. The number of carbonyl (C=O) groups excluding carboxylic acids is 2. The number of rotatable bonds is 7. The molecule has 8 nitrogen and oxygen atoms in total. The van der Waals surface area contributed by atoms with Crippen LogP contribution in [0.3, 0.4) is 0 Å². The number of fused-ring (bicyclic) bond motifs is 1. The summed E-state index contributed by atoms with van der Waals surface area (Å²) < 4.78 is 12.8. The second-order valence-corrected chi connectivity index (χ2v) is 10.3. The lowest BCUT2D eigenvalue weighted by atomic mass is 9.98. The number of Topliss-reactive ketones (excluding diaryl/α,β-unsaturated/α-hetero) is 1. The lowest BCUT2D eigenvalue weighted by molar-refractivity contribution is -0.00381. The van der Waals surface area contributed by atoms with E-state index >= 15 is 0 Å². The second kappa shape index (κ2) is 9.81. The van der Waals surface area contributed by atoms with E-state index in [-0.39, 0.29) is 11.9 Å². The van der Waals surface area contributed by atoms with E-state index in [1.165, 1.54) is 0 Å². The third-order valence-corrected chi connectivity index (χ3v) is 6.34. The van der Waals surface area contributed by atoms with Crippen LogP contribution in [0.1, 0.15) is 49.5 Å². The summed E-state index contributed by atoms with van der Waals surface area (Å²) in [6, 6.07) is 3.86. The van der Waals surface area contributed by atoms with E-state index in [2.05, 4.69) is 4.90 Å². The number of hydrogen-bond donors (Lipinski definition) is 0. The van der Waals surface area contributed by atoms with Gasteiger partial charge in [0, 0.05) is 62.2 Å². The zero-order valence-corrected chi connectivity index (χ0v) is 20.3. The van der Waals surface area contributed by atoms with E-state index in [0.717, 1.165) is 67.8 Å². The summed E-state index contributed by atoms with van der Waals surface area (Å²) in [5.74, 6) is 0.552. The van der Waals surface area contributed by atoms with Crippen LogP contribution in [0.15, 0.2) is 18.3 Å². The fourth-order valence-electron chi connectivity index (χ4n) is 4.52. The monoisotopic (exact) mass is 456 g/mol. The molecule has 1 amide bonds. The molecule has 0 atom stereocenters. The molecule has 2 fully saturated rings. The van der Waals surface area contributed by atoms with E-state index in [4.69, 9.17) is 14.6 Å². The Kier molecular flexibility index (Phi) is 7.05. The number of ketones is 1. The normalized spacial score (nSPS) is 17.9. The van der Waals surface area contributed by atoms with Crippen molar-refractivity contribution in [2.24, 2.45) is 5.92 Å². The summed E-state index contributed by atoms with van der Waals surface area (Å²) >= 11 is 0. The van der Waals surface area contributed by atoms with Gasteiger partial charge in [-0.15, -0.1) is 0 Å². The zero-order chi connectivity index (χ0) is 23.6. The molecule has 0 saturated carbocycles. The number of carbonyl (C=O) groups is 2. The van der Waals surface area contributed by atoms with Gasteiger partial charge in [0.25, 0.3) is 0 Å². The van der Waals surface area contributed by atoms with Crippen LogP contribution in [0, 0.1) is 12.8 Å². The number of morpholine rings is 1. The summed E-state index contributed by atoms with van der Waals surface area (Å²) in [6.07, 6.45) is 3.20. The van der Waals surface area contributed by atoms with Crippen LogP contribution in [0.4, 0.5) is 4.79 Å². The number of likely N-dealkylation sites (tertiary alicyclic amines) is 1. The maximum Gasteiger partial charge on any atom is 0.410 e.